The first kappa shape index (κ1) is 12.2. The minimum atomic E-state index is 0.272. The van der Waals surface area contributed by atoms with Gasteiger partial charge in [-0.05, 0) is 37.1 Å². The van der Waals surface area contributed by atoms with Crippen molar-refractivity contribution in [3.05, 3.63) is 53.5 Å². The highest BCUT2D eigenvalue weighted by Crippen LogP contribution is 2.30. The van der Waals surface area contributed by atoms with E-state index < -0.39 is 0 Å². The first-order valence-corrected chi connectivity index (χ1v) is 6.43. The highest BCUT2D eigenvalue weighted by Gasteiger charge is 2.13. The fourth-order valence-electron chi connectivity index (χ4n) is 1.84. The van der Waals surface area contributed by atoms with Crippen molar-refractivity contribution in [1.29, 1.82) is 0 Å². The lowest BCUT2D eigenvalue weighted by Gasteiger charge is -2.10. The largest absolute Gasteiger partial charge is 0.497 e. The van der Waals surface area contributed by atoms with Gasteiger partial charge in [-0.25, -0.2) is 0 Å². The third kappa shape index (κ3) is 2.91. The lowest BCUT2D eigenvalue weighted by molar-refractivity contribution is 0.414. The number of rotatable bonds is 4. The Balaban J connectivity index is 2.13. The van der Waals surface area contributed by atoms with Gasteiger partial charge in [-0.2, -0.15) is 0 Å². The molecule has 3 heteroatoms. The normalized spacial score (nSPS) is 12.4. The van der Waals surface area contributed by atoms with Gasteiger partial charge in [-0.1, -0.05) is 28.1 Å². The van der Waals surface area contributed by atoms with Crippen molar-refractivity contribution < 1.29 is 9.15 Å². The lowest BCUT2D eigenvalue weighted by Crippen LogP contribution is -1.96. The summed E-state index contributed by atoms with van der Waals surface area (Å²) in [4.78, 5) is 0.272. The average molecular weight is 295 g/mol. The van der Waals surface area contributed by atoms with Crippen molar-refractivity contribution in [3.63, 3.8) is 0 Å². The van der Waals surface area contributed by atoms with E-state index in [2.05, 4.69) is 28.1 Å². The SMILES string of the molecule is COc1cccc(CC(Br)c2ccoc2C)c1. The van der Waals surface area contributed by atoms with Crippen LogP contribution in [0, 0.1) is 6.92 Å². The minimum Gasteiger partial charge on any atom is -0.497 e. The summed E-state index contributed by atoms with van der Waals surface area (Å²) in [7, 11) is 1.69. The van der Waals surface area contributed by atoms with E-state index in [1.54, 1.807) is 13.4 Å². The van der Waals surface area contributed by atoms with Gasteiger partial charge < -0.3 is 9.15 Å². The van der Waals surface area contributed by atoms with Crippen LogP contribution in [0.1, 0.15) is 21.7 Å². The first-order chi connectivity index (χ1) is 8.20. The number of alkyl halides is 1. The molecule has 1 atom stereocenters. The van der Waals surface area contributed by atoms with Crippen molar-refractivity contribution in [1.82, 2.24) is 0 Å². The molecular formula is C14H15BrO2. The molecule has 0 spiro atoms. The molecule has 0 saturated carbocycles. The van der Waals surface area contributed by atoms with Gasteiger partial charge in [0.05, 0.1) is 13.4 Å². The van der Waals surface area contributed by atoms with Crippen molar-refractivity contribution in [3.8, 4) is 5.75 Å². The Hall–Kier alpha value is -1.22. The summed E-state index contributed by atoms with van der Waals surface area (Å²) < 4.78 is 10.5. The number of hydrogen-bond acceptors (Lipinski definition) is 2. The van der Waals surface area contributed by atoms with Crippen molar-refractivity contribution in [2.24, 2.45) is 0 Å². The van der Waals surface area contributed by atoms with E-state index in [-0.39, 0.29) is 4.83 Å². The zero-order chi connectivity index (χ0) is 12.3. The van der Waals surface area contributed by atoms with E-state index in [0.717, 1.165) is 17.9 Å². The monoisotopic (exact) mass is 294 g/mol. The predicted octanol–water partition coefficient (Wildman–Crippen LogP) is 4.28. The third-order valence-electron chi connectivity index (χ3n) is 2.79. The molecule has 17 heavy (non-hydrogen) atoms. The molecule has 0 N–H and O–H groups in total. The van der Waals surface area contributed by atoms with Gasteiger partial charge in [0.2, 0.25) is 0 Å². The van der Waals surface area contributed by atoms with E-state index >= 15 is 0 Å². The highest BCUT2D eigenvalue weighted by atomic mass is 79.9. The van der Waals surface area contributed by atoms with Crippen LogP contribution in [-0.2, 0) is 6.42 Å². The van der Waals surface area contributed by atoms with Gasteiger partial charge in [0.1, 0.15) is 11.5 Å². The smallest absolute Gasteiger partial charge is 0.119 e. The van der Waals surface area contributed by atoms with E-state index in [9.17, 15) is 0 Å². The van der Waals surface area contributed by atoms with E-state index in [0.29, 0.717) is 0 Å². The lowest BCUT2D eigenvalue weighted by atomic mass is 10.0. The van der Waals surface area contributed by atoms with E-state index in [4.69, 9.17) is 9.15 Å². The molecule has 0 amide bonds. The van der Waals surface area contributed by atoms with Crippen molar-refractivity contribution >= 4 is 15.9 Å². The zero-order valence-corrected chi connectivity index (χ0v) is 11.5. The Labute approximate surface area is 110 Å². The maximum absolute atomic E-state index is 5.31. The summed E-state index contributed by atoms with van der Waals surface area (Å²) in [6.45, 7) is 1.98. The molecular weight excluding hydrogens is 280 g/mol. The molecule has 1 aromatic heterocycles. The predicted molar refractivity (Wildman–Crippen MR) is 71.8 cm³/mol. The van der Waals surface area contributed by atoms with Crippen LogP contribution < -0.4 is 4.74 Å². The summed E-state index contributed by atoms with van der Waals surface area (Å²) in [5.74, 6) is 1.86. The Morgan fingerprint density at radius 2 is 2.18 bits per heavy atom. The second kappa shape index (κ2) is 5.41. The highest BCUT2D eigenvalue weighted by molar-refractivity contribution is 9.09. The number of ether oxygens (including phenoxy) is 1. The third-order valence-corrected chi connectivity index (χ3v) is 3.60. The van der Waals surface area contributed by atoms with Gasteiger partial charge in [0.25, 0.3) is 0 Å². The molecule has 1 heterocycles. The Bertz CT molecular complexity index is 490. The summed E-state index contributed by atoms with van der Waals surface area (Å²) in [6, 6.07) is 10.1. The second-order valence-corrected chi connectivity index (χ2v) is 5.06. The number of furan rings is 1. The van der Waals surface area contributed by atoms with Crippen molar-refractivity contribution in [2.45, 2.75) is 18.2 Å². The van der Waals surface area contributed by atoms with Crippen LogP contribution in [0.5, 0.6) is 5.75 Å². The molecule has 2 aromatic rings. The quantitative estimate of drug-likeness (QED) is 0.786. The minimum absolute atomic E-state index is 0.272. The number of benzene rings is 1. The Kier molecular flexibility index (Phi) is 3.89. The summed E-state index contributed by atoms with van der Waals surface area (Å²) >= 11 is 3.70. The molecule has 0 aliphatic carbocycles. The topological polar surface area (TPSA) is 22.4 Å². The van der Waals surface area contributed by atoms with Gasteiger partial charge in [0.15, 0.2) is 0 Å². The van der Waals surface area contributed by atoms with Crippen LogP contribution in [0.2, 0.25) is 0 Å². The average Bonchev–Trinajstić information content (AvgIpc) is 2.76. The Morgan fingerprint density at radius 1 is 1.35 bits per heavy atom. The molecule has 0 bridgehead atoms. The number of halogens is 1. The van der Waals surface area contributed by atoms with Crippen LogP contribution in [0.3, 0.4) is 0 Å². The molecule has 0 fully saturated rings. The van der Waals surface area contributed by atoms with Crippen LogP contribution in [0.15, 0.2) is 41.0 Å². The fourth-order valence-corrected chi connectivity index (χ4v) is 2.68. The van der Waals surface area contributed by atoms with E-state index in [1.165, 1.54) is 11.1 Å². The fraction of sp³-hybridized carbons (Fsp3) is 0.286. The summed E-state index contributed by atoms with van der Waals surface area (Å²) in [6.07, 6.45) is 2.64. The second-order valence-electron chi connectivity index (χ2n) is 3.96. The van der Waals surface area contributed by atoms with Crippen LogP contribution in [-0.4, -0.2) is 7.11 Å². The summed E-state index contributed by atoms with van der Waals surface area (Å²) in [5.41, 5.74) is 2.44. The van der Waals surface area contributed by atoms with Gasteiger partial charge in [-0.3, -0.25) is 0 Å². The standard InChI is InChI=1S/C14H15BrO2/c1-10-13(6-7-17-10)14(15)9-11-4-3-5-12(8-11)16-2/h3-8,14H,9H2,1-2H3. The van der Waals surface area contributed by atoms with Crippen LogP contribution in [0.25, 0.3) is 0 Å². The van der Waals surface area contributed by atoms with Gasteiger partial charge in [0, 0.05) is 10.4 Å². The molecule has 0 saturated heterocycles. The van der Waals surface area contributed by atoms with E-state index in [1.807, 2.05) is 25.1 Å². The van der Waals surface area contributed by atoms with Gasteiger partial charge in [-0.15, -0.1) is 0 Å². The molecule has 0 radical (unpaired) electrons. The van der Waals surface area contributed by atoms with Crippen LogP contribution in [0.4, 0.5) is 0 Å². The molecule has 2 rings (SSSR count). The first-order valence-electron chi connectivity index (χ1n) is 5.51. The van der Waals surface area contributed by atoms with Crippen LogP contribution >= 0.6 is 15.9 Å². The van der Waals surface area contributed by atoms with Gasteiger partial charge >= 0.3 is 0 Å². The number of hydrogen-bond donors (Lipinski definition) is 0. The number of aryl methyl sites for hydroxylation is 1. The maximum Gasteiger partial charge on any atom is 0.119 e. The Morgan fingerprint density at radius 3 is 2.82 bits per heavy atom. The molecule has 2 nitrogen and oxygen atoms in total. The summed E-state index contributed by atoms with van der Waals surface area (Å²) in [5, 5.41) is 0. The molecule has 1 unspecified atom stereocenters. The molecule has 0 aliphatic heterocycles. The number of methoxy groups -OCH3 is 1. The zero-order valence-electron chi connectivity index (χ0n) is 9.94. The molecule has 0 aliphatic rings. The molecule has 90 valence electrons. The molecule has 1 aromatic carbocycles. The maximum atomic E-state index is 5.31. The van der Waals surface area contributed by atoms with Crippen molar-refractivity contribution in [2.75, 3.05) is 7.11 Å².